The molecular formula is C19H20N6O. The average Bonchev–Trinajstić information content (AvgIpc) is 3.28. The number of aryl methyl sites for hydroxylation is 1. The van der Waals surface area contributed by atoms with E-state index in [-0.39, 0.29) is 0 Å². The molecule has 4 rings (SSSR count). The molecule has 1 N–H and O–H groups in total. The fourth-order valence-corrected chi connectivity index (χ4v) is 2.97. The van der Waals surface area contributed by atoms with Crippen molar-refractivity contribution in [1.29, 1.82) is 0 Å². The van der Waals surface area contributed by atoms with Crippen LogP contribution in [0.3, 0.4) is 0 Å². The van der Waals surface area contributed by atoms with Crippen molar-refractivity contribution in [3.05, 3.63) is 60.9 Å². The van der Waals surface area contributed by atoms with Gasteiger partial charge in [0.2, 0.25) is 0 Å². The first-order chi connectivity index (χ1) is 12.7. The van der Waals surface area contributed by atoms with Gasteiger partial charge in [-0.1, -0.05) is 6.07 Å². The number of hydrogen-bond donors (Lipinski definition) is 1. The summed E-state index contributed by atoms with van der Waals surface area (Å²) in [4.78, 5) is 4.35. The third-order valence-corrected chi connectivity index (χ3v) is 4.26. The van der Waals surface area contributed by atoms with Gasteiger partial charge in [-0.3, -0.25) is 9.67 Å². The summed E-state index contributed by atoms with van der Waals surface area (Å²) in [7, 11) is 3.57. The van der Waals surface area contributed by atoms with Crippen LogP contribution in [0.5, 0.6) is 5.75 Å². The van der Waals surface area contributed by atoms with E-state index in [1.165, 1.54) is 0 Å². The molecule has 0 aliphatic carbocycles. The molecule has 0 aromatic carbocycles. The predicted molar refractivity (Wildman–Crippen MR) is 100 cm³/mol. The second kappa shape index (κ2) is 6.87. The number of hydrogen-bond acceptors (Lipinski definition) is 5. The van der Waals surface area contributed by atoms with Gasteiger partial charge in [0.25, 0.3) is 0 Å². The minimum absolute atomic E-state index is 0.768. The van der Waals surface area contributed by atoms with E-state index in [1.807, 2.05) is 66.8 Å². The molecule has 26 heavy (non-hydrogen) atoms. The molecule has 0 atom stereocenters. The first kappa shape index (κ1) is 16.1. The van der Waals surface area contributed by atoms with Gasteiger partial charge in [0.15, 0.2) is 0 Å². The monoisotopic (exact) mass is 348 g/mol. The van der Waals surface area contributed by atoms with Crippen LogP contribution >= 0.6 is 0 Å². The molecule has 4 heterocycles. The zero-order valence-electron chi connectivity index (χ0n) is 14.8. The number of aromatic nitrogens is 5. The summed E-state index contributed by atoms with van der Waals surface area (Å²) in [5.41, 5.74) is 4.94. The van der Waals surface area contributed by atoms with Crippen molar-refractivity contribution in [3.63, 3.8) is 0 Å². The molecule has 0 aliphatic rings. The maximum Gasteiger partial charge on any atom is 0.147 e. The first-order valence-corrected chi connectivity index (χ1v) is 8.43. The Balaban J connectivity index is 1.60. The third kappa shape index (κ3) is 3.11. The molecule has 0 spiro atoms. The molecule has 0 amide bonds. The van der Waals surface area contributed by atoms with Crippen LogP contribution in [0.25, 0.3) is 16.6 Å². The molecule has 0 aliphatic heterocycles. The zero-order chi connectivity index (χ0) is 17.9. The van der Waals surface area contributed by atoms with Crippen molar-refractivity contribution in [3.8, 4) is 16.9 Å². The van der Waals surface area contributed by atoms with Gasteiger partial charge in [0, 0.05) is 55.4 Å². The van der Waals surface area contributed by atoms with E-state index in [9.17, 15) is 0 Å². The van der Waals surface area contributed by atoms with Crippen LogP contribution in [0.15, 0.2) is 55.2 Å². The molecule has 0 unspecified atom stereocenters. The van der Waals surface area contributed by atoms with Crippen molar-refractivity contribution in [2.45, 2.75) is 6.42 Å². The van der Waals surface area contributed by atoms with E-state index >= 15 is 0 Å². The first-order valence-electron chi connectivity index (χ1n) is 8.43. The van der Waals surface area contributed by atoms with Crippen LogP contribution in [0.4, 0.5) is 5.69 Å². The van der Waals surface area contributed by atoms with E-state index in [4.69, 9.17) is 4.74 Å². The molecule has 0 saturated heterocycles. The van der Waals surface area contributed by atoms with Gasteiger partial charge in [-0.05, 0) is 18.2 Å². The van der Waals surface area contributed by atoms with Gasteiger partial charge in [-0.2, -0.15) is 10.2 Å². The van der Waals surface area contributed by atoms with Crippen molar-refractivity contribution in [2.75, 3.05) is 19.0 Å². The molecule has 4 aromatic heterocycles. The van der Waals surface area contributed by atoms with E-state index in [0.717, 1.165) is 46.7 Å². The highest BCUT2D eigenvalue weighted by Gasteiger charge is 2.13. The standard InChI is InChI=1S/C19H20N6O/c1-24-12-15(10-22-24)14-9-18(26-2)19-17(11-23-25(19)13-14)21-8-6-16-5-3-4-7-20-16/h3-5,7,9-13,21H,6,8H2,1-2H3. The van der Waals surface area contributed by atoms with E-state index < -0.39 is 0 Å². The highest BCUT2D eigenvalue weighted by Crippen LogP contribution is 2.31. The molecule has 0 saturated carbocycles. The number of nitrogens with one attached hydrogen (secondary N) is 1. The van der Waals surface area contributed by atoms with E-state index in [2.05, 4.69) is 20.5 Å². The van der Waals surface area contributed by atoms with Crippen LogP contribution in [-0.2, 0) is 13.5 Å². The Bertz CT molecular complexity index is 1020. The highest BCUT2D eigenvalue weighted by atomic mass is 16.5. The van der Waals surface area contributed by atoms with Crippen LogP contribution < -0.4 is 10.1 Å². The van der Waals surface area contributed by atoms with E-state index in [0.29, 0.717) is 0 Å². The fraction of sp³-hybridized carbons (Fsp3) is 0.211. The van der Waals surface area contributed by atoms with Gasteiger partial charge in [0.1, 0.15) is 11.3 Å². The zero-order valence-corrected chi connectivity index (χ0v) is 14.8. The van der Waals surface area contributed by atoms with Crippen LogP contribution in [-0.4, -0.2) is 38.0 Å². The maximum absolute atomic E-state index is 5.62. The van der Waals surface area contributed by atoms with Gasteiger partial charge in [-0.25, -0.2) is 4.52 Å². The molecule has 0 fully saturated rings. The smallest absolute Gasteiger partial charge is 0.147 e. The number of pyridine rings is 2. The lowest BCUT2D eigenvalue weighted by Gasteiger charge is -2.09. The van der Waals surface area contributed by atoms with Gasteiger partial charge >= 0.3 is 0 Å². The van der Waals surface area contributed by atoms with Crippen LogP contribution in [0, 0.1) is 0 Å². The van der Waals surface area contributed by atoms with Crippen molar-refractivity contribution in [1.82, 2.24) is 24.4 Å². The molecule has 132 valence electrons. The van der Waals surface area contributed by atoms with Crippen molar-refractivity contribution >= 4 is 11.2 Å². The van der Waals surface area contributed by atoms with Crippen LogP contribution in [0.2, 0.25) is 0 Å². The Hall–Kier alpha value is -3.35. The van der Waals surface area contributed by atoms with Crippen LogP contribution in [0.1, 0.15) is 5.69 Å². The number of fused-ring (bicyclic) bond motifs is 1. The molecule has 4 aromatic rings. The van der Waals surface area contributed by atoms with Gasteiger partial charge < -0.3 is 10.1 Å². The Labute approximate surface area is 151 Å². The normalized spacial score (nSPS) is 11.0. The lowest BCUT2D eigenvalue weighted by atomic mass is 10.1. The predicted octanol–water partition coefficient (Wildman–Crippen LogP) is 2.79. The molecule has 0 bridgehead atoms. The number of ether oxygens (including phenoxy) is 1. The minimum atomic E-state index is 0.768. The molecular weight excluding hydrogens is 328 g/mol. The van der Waals surface area contributed by atoms with Crippen molar-refractivity contribution < 1.29 is 4.74 Å². The summed E-state index contributed by atoms with van der Waals surface area (Å²) in [6.45, 7) is 0.770. The largest absolute Gasteiger partial charge is 0.494 e. The van der Waals surface area contributed by atoms with Gasteiger partial charge in [-0.15, -0.1) is 0 Å². The lowest BCUT2D eigenvalue weighted by Crippen LogP contribution is -2.06. The number of anilines is 1. The molecule has 7 heteroatoms. The summed E-state index contributed by atoms with van der Waals surface area (Å²) in [6.07, 6.45) is 10.3. The number of rotatable bonds is 6. The second-order valence-corrected chi connectivity index (χ2v) is 6.05. The SMILES string of the molecule is COc1cc(-c2cnn(C)c2)cn2ncc(NCCc3ccccn3)c12. The van der Waals surface area contributed by atoms with Crippen molar-refractivity contribution in [2.24, 2.45) is 7.05 Å². The van der Waals surface area contributed by atoms with E-state index in [1.54, 1.807) is 11.8 Å². The molecule has 0 radical (unpaired) electrons. The summed E-state index contributed by atoms with van der Waals surface area (Å²) in [5, 5.41) is 12.1. The average molecular weight is 348 g/mol. The summed E-state index contributed by atoms with van der Waals surface area (Å²) >= 11 is 0. The quantitative estimate of drug-likeness (QED) is 0.580. The maximum atomic E-state index is 5.62. The lowest BCUT2D eigenvalue weighted by molar-refractivity contribution is 0.418. The minimum Gasteiger partial charge on any atom is -0.494 e. The Kier molecular flexibility index (Phi) is 4.27. The second-order valence-electron chi connectivity index (χ2n) is 6.05. The summed E-state index contributed by atoms with van der Waals surface area (Å²) < 4.78 is 9.23. The van der Waals surface area contributed by atoms with Gasteiger partial charge in [0.05, 0.1) is 25.2 Å². The molecule has 7 nitrogen and oxygen atoms in total. The highest BCUT2D eigenvalue weighted by molar-refractivity contribution is 5.81. The summed E-state index contributed by atoms with van der Waals surface area (Å²) in [5.74, 6) is 0.768. The topological polar surface area (TPSA) is 69.3 Å². The Morgan fingerprint density at radius 2 is 2.04 bits per heavy atom. The summed E-state index contributed by atoms with van der Waals surface area (Å²) in [6, 6.07) is 7.96. The fourth-order valence-electron chi connectivity index (χ4n) is 2.97. The third-order valence-electron chi connectivity index (χ3n) is 4.26. The number of methoxy groups -OCH3 is 1. The number of nitrogens with zero attached hydrogens (tertiary/aromatic N) is 5. The Morgan fingerprint density at radius 3 is 2.77 bits per heavy atom. The Morgan fingerprint density at radius 1 is 1.12 bits per heavy atom.